The van der Waals surface area contributed by atoms with Crippen LogP contribution in [0.5, 0.6) is 0 Å². The van der Waals surface area contributed by atoms with Crippen molar-refractivity contribution in [3.8, 4) is 0 Å². The number of nitrogens with zero attached hydrogens (tertiary/aromatic N) is 3. The fraction of sp³-hybridized carbons (Fsp3) is 0.375. The van der Waals surface area contributed by atoms with Gasteiger partial charge in [0.15, 0.2) is 0 Å². The molecular formula is C16H22N4. The second kappa shape index (κ2) is 7.01. The summed E-state index contributed by atoms with van der Waals surface area (Å²) >= 11 is 0. The number of hydrogen-bond donors (Lipinski definition) is 1. The Bertz CT molecular complexity index is 527. The summed E-state index contributed by atoms with van der Waals surface area (Å²) in [6, 6.07) is 12.5. The molecule has 1 atom stereocenters. The number of benzene rings is 1. The summed E-state index contributed by atoms with van der Waals surface area (Å²) in [5.74, 6) is 1.31. The van der Waals surface area contributed by atoms with E-state index in [-0.39, 0.29) is 6.04 Å². The van der Waals surface area contributed by atoms with E-state index < -0.39 is 0 Å². The van der Waals surface area contributed by atoms with Gasteiger partial charge in [0.2, 0.25) is 0 Å². The van der Waals surface area contributed by atoms with Crippen molar-refractivity contribution >= 4 is 5.82 Å². The molecule has 0 aliphatic carbocycles. The lowest BCUT2D eigenvalue weighted by Crippen LogP contribution is -2.25. The second-order valence-electron chi connectivity index (χ2n) is 5.09. The first-order valence-corrected chi connectivity index (χ1v) is 6.99. The van der Waals surface area contributed by atoms with Crippen molar-refractivity contribution in [2.75, 3.05) is 19.3 Å². The summed E-state index contributed by atoms with van der Waals surface area (Å²) in [6.07, 6.45) is 3.93. The topological polar surface area (TPSA) is 55.0 Å². The predicted octanol–water partition coefficient (Wildman–Crippen LogP) is 2.68. The molecule has 1 aromatic carbocycles. The van der Waals surface area contributed by atoms with Crippen molar-refractivity contribution in [3.63, 3.8) is 0 Å². The molecule has 2 rings (SSSR count). The van der Waals surface area contributed by atoms with E-state index in [4.69, 9.17) is 5.73 Å². The van der Waals surface area contributed by atoms with Gasteiger partial charge in [-0.15, -0.1) is 0 Å². The first-order valence-electron chi connectivity index (χ1n) is 6.99. The van der Waals surface area contributed by atoms with Gasteiger partial charge in [0, 0.05) is 6.20 Å². The van der Waals surface area contributed by atoms with Crippen LogP contribution < -0.4 is 5.73 Å². The maximum absolute atomic E-state index is 5.70. The quantitative estimate of drug-likeness (QED) is 0.877. The van der Waals surface area contributed by atoms with Crippen LogP contribution in [-0.4, -0.2) is 28.5 Å². The highest BCUT2D eigenvalue weighted by Crippen LogP contribution is 2.15. The average Bonchev–Trinajstić information content (AvgIpc) is 2.47. The smallest absolute Gasteiger partial charge is 0.147 e. The summed E-state index contributed by atoms with van der Waals surface area (Å²) in [4.78, 5) is 10.8. The average molecular weight is 270 g/mol. The van der Waals surface area contributed by atoms with Crippen LogP contribution in [0.4, 0.5) is 5.82 Å². The lowest BCUT2D eigenvalue weighted by atomic mass is 10.1. The number of nitrogen functional groups attached to an aromatic ring is 1. The van der Waals surface area contributed by atoms with Crippen LogP contribution in [0.15, 0.2) is 42.6 Å². The van der Waals surface area contributed by atoms with Crippen molar-refractivity contribution in [2.45, 2.75) is 25.8 Å². The van der Waals surface area contributed by atoms with Gasteiger partial charge in [-0.05, 0) is 45.0 Å². The minimum Gasteiger partial charge on any atom is -0.384 e. The summed E-state index contributed by atoms with van der Waals surface area (Å²) in [6.45, 7) is 3.12. The number of aryl methyl sites for hydroxylation is 1. The van der Waals surface area contributed by atoms with Gasteiger partial charge in [0.25, 0.3) is 0 Å². The van der Waals surface area contributed by atoms with E-state index in [1.807, 2.05) is 0 Å². The fourth-order valence-electron chi connectivity index (χ4n) is 2.16. The van der Waals surface area contributed by atoms with E-state index in [9.17, 15) is 0 Å². The van der Waals surface area contributed by atoms with Crippen LogP contribution in [0.3, 0.4) is 0 Å². The summed E-state index contributed by atoms with van der Waals surface area (Å²) in [5, 5.41) is 0. The zero-order valence-electron chi connectivity index (χ0n) is 12.2. The minimum absolute atomic E-state index is 0.175. The third kappa shape index (κ3) is 4.03. The molecule has 2 N–H and O–H groups in total. The molecule has 0 amide bonds. The van der Waals surface area contributed by atoms with Crippen LogP contribution in [0.1, 0.15) is 30.8 Å². The second-order valence-corrected chi connectivity index (χ2v) is 5.09. The monoisotopic (exact) mass is 270 g/mol. The number of nitrogens with two attached hydrogens (primary N) is 1. The van der Waals surface area contributed by atoms with Gasteiger partial charge in [-0.2, -0.15) is 0 Å². The molecule has 0 radical (unpaired) electrons. The molecular weight excluding hydrogens is 248 g/mol. The third-order valence-corrected chi connectivity index (χ3v) is 3.55. The Balaban J connectivity index is 1.84. The van der Waals surface area contributed by atoms with Gasteiger partial charge in [0.1, 0.15) is 11.6 Å². The molecule has 4 nitrogen and oxygen atoms in total. The molecule has 20 heavy (non-hydrogen) atoms. The summed E-state index contributed by atoms with van der Waals surface area (Å²) in [5.41, 5.74) is 7.09. The van der Waals surface area contributed by atoms with Crippen molar-refractivity contribution < 1.29 is 0 Å². The molecule has 0 fully saturated rings. The molecule has 0 aliphatic rings. The minimum atomic E-state index is 0.175. The Kier molecular flexibility index (Phi) is 5.07. The molecule has 2 aromatic rings. The summed E-state index contributed by atoms with van der Waals surface area (Å²) < 4.78 is 0. The molecule has 0 aliphatic heterocycles. The maximum atomic E-state index is 5.70. The molecule has 0 bridgehead atoms. The Morgan fingerprint density at radius 2 is 1.95 bits per heavy atom. The van der Waals surface area contributed by atoms with Crippen molar-refractivity contribution in [1.82, 2.24) is 14.9 Å². The van der Waals surface area contributed by atoms with E-state index in [2.05, 4.69) is 59.2 Å². The Morgan fingerprint density at radius 1 is 1.20 bits per heavy atom. The van der Waals surface area contributed by atoms with E-state index in [1.54, 1.807) is 12.3 Å². The highest BCUT2D eigenvalue weighted by Gasteiger charge is 2.14. The van der Waals surface area contributed by atoms with E-state index in [0.29, 0.717) is 5.82 Å². The number of aromatic nitrogens is 2. The lowest BCUT2D eigenvalue weighted by Gasteiger charge is -2.23. The first kappa shape index (κ1) is 14.5. The van der Waals surface area contributed by atoms with E-state index in [1.165, 1.54) is 5.56 Å². The molecule has 0 saturated carbocycles. The van der Waals surface area contributed by atoms with Crippen LogP contribution in [0, 0.1) is 0 Å². The zero-order chi connectivity index (χ0) is 14.4. The van der Waals surface area contributed by atoms with E-state index >= 15 is 0 Å². The van der Waals surface area contributed by atoms with Crippen molar-refractivity contribution in [1.29, 1.82) is 0 Å². The van der Waals surface area contributed by atoms with Crippen LogP contribution in [0.2, 0.25) is 0 Å². The molecule has 0 unspecified atom stereocenters. The Hall–Kier alpha value is -1.94. The van der Waals surface area contributed by atoms with Gasteiger partial charge in [-0.3, -0.25) is 4.90 Å². The molecule has 1 heterocycles. The highest BCUT2D eigenvalue weighted by molar-refractivity contribution is 5.25. The van der Waals surface area contributed by atoms with Crippen LogP contribution in [0.25, 0.3) is 0 Å². The standard InChI is InChI=1S/C16H22N4/c1-13(16-18-11-10-15(17)19-16)20(2)12-6-9-14-7-4-3-5-8-14/h3-5,7-8,10-11,13H,6,9,12H2,1-2H3,(H2,17,18,19)/t13-/m1/s1. The number of hydrogen-bond acceptors (Lipinski definition) is 4. The van der Waals surface area contributed by atoms with Crippen molar-refractivity contribution in [2.24, 2.45) is 0 Å². The van der Waals surface area contributed by atoms with Crippen molar-refractivity contribution in [3.05, 3.63) is 54.0 Å². The fourth-order valence-corrected chi connectivity index (χ4v) is 2.16. The molecule has 106 valence electrons. The van der Waals surface area contributed by atoms with Crippen LogP contribution in [-0.2, 0) is 6.42 Å². The van der Waals surface area contributed by atoms with Crippen LogP contribution >= 0.6 is 0 Å². The maximum Gasteiger partial charge on any atom is 0.147 e. The lowest BCUT2D eigenvalue weighted by molar-refractivity contribution is 0.249. The molecule has 1 aromatic heterocycles. The summed E-state index contributed by atoms with van der Waals surface area (Å²) in [7, 11) is 2.10. The third-order valence-electron chi connectivity index (χ3n) is 3.55. The highest BCUT2D eigenvalue weighted by atomic mass is 15.2. The zero-order valence-corrected chi connectivity index (χ0v) is 12.2. The largest absolute Gasteiger partial charge is 0.384 e. The van der Waals surface area contributed by atoms with Gasteiger partial charge in [0.05, 0.1) is 6.04 Å². The van der Waals surface area contributed by atoms with Gasteiger partial charge < -0.3 is 5.73 Å². The number of rotatable bonds is 6. The Morgan fingerprint density at radius 3 is 2.65 bits per heavy atom. The predicted molar refractivity (Wildman–Crippen MR) is 82.3 cm³/mol. The van der Waals surface area contributed by atoms with E-state index in [0.717, 1.165) is 25.2 Å². The van der Waals surface area contributed by atoms with Gasteiger partial charge >= 0.3 is 0 Å². The normalized spacial score (nSPS) is 12.6. The molecule has 0 spiro atoms. The molecule has 4 heteroatoms. The Labute approximate surface area is 120 Å². The van der Waals surface area contributed by atoms with Gasteiger partial charge in [-0.1, -0.05) is 30.3 Å². The first-order chi connectivity index (χ1) is 9.66. The molecule has 0 saturated heterocycles. The number of anilines is 1. The van der Waals surface area contributed by atoms with Gasteiger partial charge in [-0.25, -0.2) is 9.97 Å². The SMILES string of the molecule is C[C@H](c1nccc(N)n1)N(C)CCCc1ccccc1.